The minimum Gasteiger partial charge on any atom is -0.477 e. The number of aromatic nitrogens is 1. The Hall–Kier alpha value is -1.66. The first-order chi connectivity index (χ1) is 10.6. The van der Waals surface area contributed by atoms with E-state index in [0.717, 1.165) is 18.7 Å². The van der Waals surface area contributed by atoms with Gasteiger partial charge in [0.2, 0.25) is 5.88 Å². The number of carbonyl (C=O) groups is 1. The molecule has 0 aromatic carbocycles. The molecule has 0 spiro atoms. The van der Waals surface area contributed by atoms with Crippen LogP contribution >= 0.6 is 0 Å². The molecule has 0 N–H and O–H groups in total. The fourth-order valence-corrected chi connectivity index (χ4v) is 3.22. The molecule has 1 aromatic rings. The quantitative estimate of drug-likeness (QED) is 0.832. The SMILES string of the molecule is CCOc1nccc(C)c1C(=O)N1C[C@H]2OCCN(C)[C@H]2C1. The van der Waals surface area contributed by atoms with Gasteiger partial charge >= 0.3 is 0 Å². The minimum atomic E-state index is -0.0135. The van der Waals surface area contributed by atoms with Gasteiger partial charge in [-0.2, -0.15) is 0 Å². The van der Waals surface area contributed by atoms with Gasteiger partial charge in [-0.15, -0.1) is 0 Å². The van der Waals surface area contributed by atoms with Crippen molar-refractivity contribution >= 4 is 5.91 Å². The van der Waals surface area contributed by atoms with Crippen molar-refractivity contribution in [1.82, 2.24) is 14.8 Å². The average molecular weight is 305 g/mol. The first kappa shape index (κ1) is 15.2. The Morgan fingerprint density at radius 1 is 1.50 bits per heavy atom. The summed E-state index contributed by atoms with van der Waals surface area (Å²) in [7, 11) is 2.09. The molecule has 3 heterocycles. The summed E-state index contributed by atoms with van der Waals surface area (Å²) in [4.78, 5) is 21.3. The number of nitrogens with zero attached hydrogens (tertiary/aromatic N) is 3. The van der Waals surface area contributed by atoms with Gasteiger partial charge < -0.3 is 14.4 Å². The molecule has 2 fully saturated rings. The van der Waals surface area contributed by atoms with E-state index in [9.17, 15) is 4.79 Å². The molecule has 0 radical (unpaired) electrons. The molecule has 0 aliphatic carbocycles. The smallest absolute Gasteiger partial charge is 0.259 e. The van der Waals surface area contributed by atoms with Crippen molar-refractivity contribution in [3.8, 4) is 5.88 Å². The second kappa shape index (κ2) is 6.22. The summed E-state index contributed by atoms with van der Waals surface area (Å²) in [5.74, 6) is 0.414. The second-order valence-corrected chi connectivity index (χ2v) is 5.91. The van der Waals surface area contributed by atoms with Crippen molar-refractivity contribution in [3.05, 3.63) is 23.4 Å². The largest absolute Gasteiger partial charge is 0.477 e. The van der Waals surface area contributed by atoms with Crippen molar-refractivity contribution in [2.45, 2.75) is 26.0 Å². The molecule has 0 bridgehead atoms. The molecular formula is C16H23N3O3. The Bertz CT molecular complexity index is 564. The highest BCUT2D eigenvalue weighted by atomic mass is 16.5. The molecule has 3 rings (SSSR count). The van der Waals surface area contributed by atoms with Gasteiger partial charge in [0.25, 0.3) is 5.91 Å². The number of ether oxygens (including phenoxy) is 2. The molecule has 2 aliphatic rings. The summed E-state index contributed by atoms with van der Waals surface area (Å²) < 4.78 is 11.4. The third-order valence-electron chi connectivity index (χ3n) is 4.49. The van der Waals surface area contributed by atoms with E-state index < -0.39 is 0 Å². The summed E-state index contributed by atoms with van der Waals surface area (Å²) in [6.07, 6.45) is 1.79. The fourth-order valence-electron chi connectivity index (χ4n) is 3.22. The van der Waals surface area contributed by atoms with Gasteiger partial charge in [0.1, 0.15) is 5.56 Å². The third kappa shape index (κ3) is 2.68. The molecule has 2 atom stereocenters. The zero-order chi connectivity index (χ0) is 15.7. The number of hydrogen-bond donors (Lipinski definition) is 0. The van der Waals surface area contributed by atoms with Crippen molar-refractivity contribution in [2.24, 2.45) is 0 Å². The highest BCUT2D eigenvalue weighted by molar-refractivity contribution is 5.98. The number of carbonyl (C=O) groups excluding carboxylic acids is 1. The predicted molar refractivity (Wildman–Crippen MR) is 82.2 cm³/mol. The number of fused-ring (bicyclic) bond motifs is 1. The molecule has 6 nitrogen and oxygen atoms in total. The van der Waals surface area contributed by atoms with Gasteiger partial charge in [0.05, 0.1) is 25.4 Å². The molecule has 0 saturated carbocycles. The van der Waals surface area contributed by atoms with E-state index >= 15 is 0 Å². The summed E-state index contributed by atoms with van der Waals surface area (Å²) in [5.41, 5.74) is 1.47. The van der Waals surface area contributed by atoms with Crippen LogP contribution in [0.2, 0.25) is 0 Å². The van der Waals surface area contributed by atoms with E-state index in [1.807, 2.05) is 24.8 Å². The van der Waals surface area contributed by atoms with E-state index in [-0.39, 0.29) is 18.1 Å². The first-order valence-corrected chi connectivity index (χ1v) is 7.81. The highest BCUT2D eigenvalue weighted by Gasteiger charge is 2.41. The van der Waals surface area contributed by atoms with Crippen LogP contribution < -0.4 is 4.74 Å². The van der Waals surface area contributed by atoms with Crippen LogP contribution in [0.3, 0.4) is 0 Å². The van der Waals surface area contributed by atoms with Crippen LogP contribution in [-0.2, 0) is 4.74 Å². The van der Waals surface area contributed by atoms with Crippen LogP contribution in [0, 0.1) is 6.92 Å². The van der Waals surface area contributed by atoms with Gasteiger partial charge in [-0.05, 0) is 32.5 Å². The highest BCUT2D eigenvalue weighted by Crippen LogP contribution is 2.27. The van der Waals surface area contributed by atoms with E-state index in [0.29, 0.717) is 31.1 Å². The molecule has 120 valence electrons. The molecule has 2 aliphatic heterocycles. The van der Waals surface area contributed by atoms with Crippen LogP contribution in [-0.4, -0.2) is 72.7 Å². The zero-order valence-electron chi connectivity index (χ0n) is 13.4. The van der Waals surface area contributed by atoms with Gasteiger partial charge in [-0.1, -0.05) is 0 Å². The van der Waals surface area contributed by atoms with Crippen LogP contribution in [0.15, 0.2) is 12.3 Å². The molecule has 2 saturated heterocycles. The standard InChI is InChI=1S/C16H23N3O3/c1-4-21-15-14(11(2)5-6-17-15)16(20)19-9-12-13(10-19)22-8-7-18(12)3/h5-6,12-13H,4,7-10H2,1-3H3/t12-,13+/m0/s1. The second-order valence-electron chi connectivity index (χ2n) is 5.91. The number of amides is 1. The van der Waals surface area contributed by atoms with Crippen molar-refractivity contribution in [1.29, 1.82) is 0 Å². The number of pyridine rings is 1. The van der Waals surface area contributed by atoms with Gasteiger partial charge in [-0.25, -0.2) is 4.98 Å². The van der Waals surface area contributed by atoms with Gasteiger partial charge in [-0.3, -0.25) is 9.69 Å². The van der Waals surface area contributed by atoms with Crippen molar-refractivity contribution in [3.63, 3.8) is 0 Å². The van der Waals surface area contributed by atoms with Gasteiger partial charge in [0.15, 0.2) is 0 Å². The Kier molecular flexibility index (Phi) is 4.31. The van der Waals surface area contributed by atoms with Crippen molar-refractivity contribution in [2.75, 3.05) is 39.9 Å². The zero-order valence-corrected chi connectivity index (χ0v) is 13.4. The average Bonchev–Trinajstić information content (AvgIpc) is 2.93. The molecule has 0 unspecified atom stereocenters. The van der Waals surface area contributed by atoms with Crippen LogP contribution in [0.1, 0.15) is 22.8 Å². The maximum atomic E-state index is 12.9. The van der Waals surface area contributed by atoms with E-state index in [4.69, 9.17) is 9.47 Å². The van der Waals surface area contributed by atoms with Crippen LogP contribution in [0.5, 0.6) is 5.88 Å². The lowest BCUT2D eigenvalue weighted by Crippen LogP contribution is -2.48. The first-order valence-electron chi connectivity index (χ1n) is 7.81. The predicted octanol–water partition coefficient (Wildman–Crippen LogP) is 0.944. The summed E-state index contributed by atoms with van der Waals surface area (Å²) in [6.45, 7) is 7.28. The number of morpholine rings is 1. The normalized spacial score (nSPS) is 25.1. The summed E-state index contributed by atoms with van der Waals surface area (Å²) in [5, 5.41) is 0. The molecule has 6 heteroatoms. The Balaban J connectivity index is 1.83. The van der Waals surface area contributed by atoms with Crippen LogP contribution in [0.25, 0.3) is 0 Å². The number of aryl methyl sites for hydroxylation is 1. The summed E-state index contributed by atoms with van der Waals surface area (Å²) >= 11 is 0. The van der Waals surface area contributed by atoms with Crippen LogP contribution in [0.4, 0.5) is 0 Å². The van der Waals surface area contributed by atoms with E-state index in [1.165, 1.54) is 0 Å². The van der Waals surface area contributed by atoms with E-state index in [2.05, 4.69) is 16.9 Å². The van der Waals surface area contributed by atoms with E-state index in [1.54, 1.807) is 6.20 Å². The Morgan fingerprint density at radius 2 is 2.32 bits per heavy atom. The maximum absolute atomic E-state index is 12.9. The topological polar surface area (TPSA) is 54.9 Å². The fraction of sp³-hybridized carbons (Fsp3) is 0.625. The third-order valence-corrected chi connectivity index (χ3v) is 4.49. The number of likely N-dealkylation sites (tertiary alicyclic amines) is 1. The van der Waals surface area contributed by atoms with Crippen molar-refractivity contribution < 1.29 is 14.3 Å². The Morgan fingerprint density at radius 3 is 3.05 bits per heavy atom. The molecule has 1 aromatic heterocycles. The molecule has 1 amide bonds. The maximum Gasteiger partial charge on any atom is 0.259 e. The lowest BCUT2D eigenvalue weighted by molar-refractivity contribution is -0.0368. The summed E-state index contributed by atoms with van der Waals surface area (Å²) in [6, 6.07) is 2.13. The lowest BCUT2D eigenvalue weighted by Gasteiger charge is -2.33. The van der Waals surface area contributed by atoms with Gasteiger partial charge in [0, 0.05) is 25.8 Å². The number of likely N-dealkylation sites (N-methyl/N-ethyl adjacent to an activating group) is 1. The molecule has 22 heavy (non-hydrogen) atoms. The number of hydrogen-bond acceptors (Lipinski definition) is 5. The Labute approximate surface area is 131 Å². The number of rotatable bonds is 3. The monoisotopic (exact) mass is 305 g/mol. The minimum absolute atomic E-state index is 0.0135. The lowest BCUT2D eigenvalue weighted by atomic mass is 10.1. The molecular weight excluding hydrogens is 282 g/mol.